The number of benzene rings is 2. The molecule has 0 unspecified atom stereocenters. The molecule has 4 rings (SSSR count). The van der Waals surface area contributed by atoms with Crippen LogP contribution in [0.15, 0.2) is 36.1 Å². The maximum absolute atomic E-state index is 12.8. The summed E-state index contributed by atoms with van der Waals surface area (Å²) in [6.45, 7) is 1.91. The van der Waals surface area contributed by atoms with Gasteiger partial charge in [-0.1, -0.05) is 18.2 Å². The molecule has 0 amide bonds. The number of carbonyl (C=O) groups is 2. The summed E-state index contributed by atoms with van der Waals surface area (Å²) < 4.78 is 5.50. The van der Waals surface area contributed by atoms with Crippen LogP contribution in [0.3, 0.4) is 0 Å². The molecule has 0 fully saturated rings. The number of aromatic hydroxyl groups is 2. The van der Waals surface area contributed by atoms with Crippen LogP contribution in [0.2, 0.25) is 0 Å². The number of hydrogen-bond acceptors (Lipinski definition) is 5. The van der Waals surface area contributed by atoms with Crippen molar-refractivity contribution in [3.05, 3.63) is 63.9 Å². The van der Waals surface area contributed by atoms with E-state index in [-0.39, 0.29) is 40.6 Å². The highest BCUT2D eigenvalue weighted by Gasteiger charge is 2.40. The van der Waals surface area contributed by atoms with Crippen LogP contribution in [0.25, 0.3) is 5.57 Å². The summed E-state index contributed by atoms with van der Waals surface area (Å²) in [6, 6.07) is 7.70. The van der Waals surface area contributed by atoms with Gasteiger partial charge in [0.25, 0.3) is 0 Å². The van der Waals surface area contributed by atoms with E-state index in [9.17, 15) is 19.8 Å². The first kappa shape index (κ1) is 13.6. The summed E-state index contributed by atoms with van der Waals surface area (Å²) in [5.74, 6) is -1.41. The Kier molecular flexibility index (Phi) is 2.63. The maximum Gasteiger partial charge on any atom is 0.232 e. The van der Waals surface area contributed by atoms with E-state index < -0.39 is 11.6 Å². The van der Waals surface area contributed by atoms with Crippen molar-refractivity contribution in [2.24, 2.45) is 0 Å². The minimum absolute atomic E-state index is 0.0497. The van der Waals surface area contributed by atoms with Crippen LogP contribution in [0.1, 0.15) is 37.4 Å². The summed E-state index contributed by atoms with van der Waals surface area (Å²) in [4.78, 5) is 25.5. The van der Waals surface area contributed by atoms with Crippen LogP contribution in [0.4, 0.5) is 0 Å². The van der Waals surface area contributed by atoms with Crippen LogP contribution in [0, 0.1) is 6.92 Å². The van der Waals surface area contributed by atoms with E-state index >= 15 is 0 Å². The first-order valence-corrected chi connectivity index (χ1v) is 7.10. The van der Waals surface area contributed by atoms with Gasteiger partial charge >= 0.3 is 0 Å². The van der Waals surface area contributed by atoms with Crippen molar-refractivity contribution < 1.29 is 24.5 Å². The van der Waals surface area contributed by atoms with E-state index in [2.05, 4.69) is 0 Å². The predicted octanol–water partition coefficient (Wildman–Crippen LogP) is 2.73. The average Bonchev–Trinajstić information content (AvgIpc) is 2.51. The second kappa shape index (κ2) is 4.46. The summed E-state index contributed by atoms with van der Waals surface area (Å²) in [7, 11) is 0. The molecule has 2 aromatic carbocycles. The zero-order valence-electron chi connectivity index (χ0n) is 12.2. The number of hydrogen-bond donors (Lipinski definition) is 2. The van der Waals surface area contributed by atoms with Crippen molar-refractivity contribution in [3.8, 4) is 11.5 Å². The van der Waals surface area contributed by atoms with Crippen LogP contribution in [-0.2, 0) is 11.3 Å². The molecule has 0 spiro atoms. The van der Waals surface area contributed by atoms with Crippen LogP contribution in [-0.4, -0.2) is 21.8 Å². The lowest BCUT2D eigenvalue weighted by Gasteiger charge is -2.27. The minimum atomic E-state index is -0.543. The van der Waals surface area contributed by atoms with Gasteiger partial charge in [-0.25, -0.2) is 0 Å². The molecule has 114 valence electrons. The number of phenolic OH excluding ortho intramolecular Hbond substituents is 2. The summed E-state index contributed by atoms with van der Waals surface area (Å²) in [6.07, 6.45) is 0. The fourth-order valence-electron chi connectivity index (χ4n) is 3.19. The standard InChI is InChI=1S/C18H12O5/c1-8-5-9-7-23-18-15(13(9)12(20)6-8)16(21)10-3-2-4-11(19)14(10)17(18)22/h2-6,19-20H,7H2,1H3. The van der Waals surface area contributed by atoms with Gasteiger partial charge in [-0.2, -0.15) is 0 Å². The average molecular weight is 308 g/mol. The lowest BCUT2D eigenvalue weighted by atomic mass is 9.81. The topological polar surface area (TPSA) is 83.8 Å². The van der Waals surface area contributed by atoms with Crippen molar-refractivity contribution in [2.45, 2.75) is 13.5 Å². The fraction of sp³-hybridized carbons (Fsp3) is 0.111. The molecule has 0 radical (unpaired) electrons. The van der Waals surface area contributed by atoms with Gasteiger partial charge in [-0.3, -0.25) is 9.59 Å². The van der Waals surface area contributed by atoms with Gasteiger partial charge in [0.2, 0.25) is 5.78 Å². The minimum Gasteiger partial charge on any atom is -0.507 e. The van der Waals surface area contributed by atoms with Crippen molar-refractivity contribution in [3.63, 3.8) is 0 Å². The third-order valence-corrected chi connectivity index (χ3v) is 4.14. The van der Waals surface area contributed by atoms with Gasteiger partial charge in [-0.05, 0) is 24.6 Å². The van der Waals surface area contributed by atoms with Gasteiger partial charge in [0, 0.05) is 16.7 Å². The molecule has 1 aliphatic carbocycles. The molecule has 2 N–H and O–H groups in total. The number of fused-ring (bicyclic) bond motifs is 3. The Balaban J connectivity index is 2.04. The highest BCUT2D eigenvalue weighted by atomic mass is 16.5. The number of ether oxygens (including phenoxy) is 1. The summed E-state index contributed by atoms with van der Waals surface area (Å²) in [5.41, 5.74) is 1.96. The highest BCUT2D eigenvalue weighted by Crippen LogP contribution is 2.43. The lowest BCUT2D eigenvalue weighted by molar-refractivity contribution is 0.0867. The Hall–Kier alpha value is -3.08. The molecule has 2 aromatic rings. The second-order valence-electron chi connectivity index (χ2n) is 5.67. The summed E-state index contributed by atoms with van der Waals surface area (Å²) >= 11 is 0. The van der Waals surface area contributed by atoms with Crippen molar-refractivity contribution in [1.82, 2.24) is 0 Å². The van der Waals surface area contributed by atoms with Crippen molar-refractivity contribution >= 4 is 17.1 Å². The molecule has 2 aliphatic rings. The van der Waals surface area contributed by atoms with Gasteiger partial charge in [0.15, 0.2) is 11.5 Å². The second-order valence-corrected chi connectivity index (χ2v) is 5.67. The largest absolute Gasteiger partial charge is 0.507 e. The van der Waals surface area contributed by atoms with Gasteiger partial charge < -0.3 is 14.9 Å². The molecule has 0 saturated carbocycles. The van der Waals surface area contributed by atoms with E-state index in [0.717, 1.165) is 5.56 Å². The number of Topliss-reactive ketones (excluding diaryl/α,β-unsaturated/α-hetero) is 2. The Bertz CT molecular complexity index is 937. The molecule has 23 heavy (non-hydrogen) atoms. The molecular weight excluding hydrogens is 296 g/mol. The van der Waals surface area contributed by atoms with Crippen molar-refractivity contribution in [2.75, 3.05) is 0 Å². The molecule has 0 saturated heterocycles. The first-order valence-electron chi connectivity index (χ1n) is 7.10. The summed E-state index contributed by atoms with van der Waals surface area (Å²) in [5, 5.41) is 20.2. The molecule has 1 heterocycles. The fourth-order valence-corrected chi connectivity index (χ4v) is 3.19. The van der Waals surface area contributed by atoms with Crippen LogP contribution >= 0.6 is 0 Å². The number of carbonyl (C=O) groups excluding carboxylic acids is 2. The first-order chi connectivity index (χ1) is 11.0. The normalized spacial score (nSPS) is 15.7. The number of phenols is 2. The third kappa shape index (κ3) is 1.73. The molecule has 5 nitrogen and oxygen atoms in total. The maximum atomic E-state index is 12.8. The molecule has 0 bridgehead atoms. The molecule has 0 aromatic heterocycles. The Morgan fingerprint density at radius 1 is 1.00 bits per heavy atom. The lowest BCUT2D eigenvalue weighted by Crippen LogP contribution is -2.26. The Morgan fingerprint density at radius 2 is 1.78 bits per heavy atom. The molecule has 1 aliphatic heterocycles. The number of ketones is 2. The Morgan fingerprint density at radius 3 is 2.57 bits per heavy atom. The van der Waals surface area contributed by atoms with E-state index in [0.29, 0.717) is 11.1 Å². The van der Waals surface area contributed by atoms with Gasteiger partial charge in [0.1, 0.15) is 18.1 Å². The SMILES string of the molecule is Cc1cc(O)c2c(c1)COC1=C2C(=O)c2cccc(O)c2C1=O. The monoisotopic (exact) mass is 308 g/mol. The van der Waals surface area contributed by atoms with Gasteiger partial charge in [0.05, 0.1) is 11.1 Å². The third-order valence-electron chi connectivity index (χ3n) is 4.14. The highest BCUT2D eigenvalue weighted by molar-refractivity contribution is 6.41. The zero-order valence-corrected chi connectivity index (χ0v) is 12.2. The zero-order chi connectivity index (χ0) is 16.3. The smallest absolute Gasteiger partial charge is 0.232 e. The van der Waals surface area contributed by atoms with E-state index in [1.54, 1.807) is 6.07 Å². The van der Waals surface area contributed by atoms with E-state index in [1.807, 2.05) is 13.0 Å². The van der Waals surface area contributed by atoms with E-state index in [1.165, 1.54) is 18.2 Å². The predicted molar refractivity (Wildman–Crippen MR) is 81.3 cm³/mol. The molecular formula is C18H12O5. The van der Waals surface area contributed by atoms with E-state index in [4.69, 9.17) is 4.74 Å². The van der Waals surface area contributed by atoms with Crippen LogP contribution in [0.5, 0.6) is 11.5 Å². The molecule has 5 heteroatoms. The molecule has 0 atom stereocenters. The van der Waals surface area contributed by atoms with Crippen molar-refractivity contribution in [1.29, 1.82) is 0 Å². The quantitative estimate of drug-likeness (QED) is 0.782. The number of rotatable bonds is 0. The van der Waals surface area contributed by atoms with Gasteiger partial charge in [-0.15, -0.1) is 0 Å². The number of aryl methyl sites for hydroxylation is 1. The Labute approximate surface area is 131 Å². The number of allylic oxidation sites excluding steroid dienone is 2. The van der Waals surface area contributed by atoms with Crippen LogP contribution < -0.4 is 0 Å².